The van der Waals surface area contributed by atoms with Crippen LogP contribution in [0.25, 0.3) is 0 Å². The molecule has 1 N–H and O–H groups in total. The number of fused-ring (bicyclic) bond motifs is 1. The standard InChI is InChI=1S/C21H31N3O4S/c1-7-9-24-17(25)13-14(18(24)26)21(11-12(2)3,19(27)28-20(4,5)6)23-15(13)16-22-8-10-29-16/h8,10,12-15,23H,7,9,11H2,1-6H3/t13-,14?,15+,21-/m0/s1. The van der Waals surface area contributed by atoms with Gasteiger partial charge >= 0.3 is 5.97 Å². The van der Waals surface area contributed by atoms with Crippen molar-refractivity contribution in [1.82, 2.24) is 15.2 Å². The molecular formula is C21H31N3O4S. The third kappa shape index (κ3) is 3.84. The number of esters is 1. The van der Waals surface area contributed by atoms with E-state index in [2.05, 4.69) is 10.3 Å². The molecule has 0 radical (unpaired) electrons. The number of rotatable bonds is 6. The molecule has 160 valence electrons. The Labute approximate surface area is 176 Å². The minimum absolute atomic E-state index is 0.119. The van der Waals surface area contributed by atoms with Gasteiger partial charge in [-0.15, -0.1) is 11.3 Å². The molecule has 2 fully saturated rings. The number of nitrogens with one attached hydrogen (secondary N) is 1. The van der Waals surface area contributed by atoms with E-state index in [4.69, 9.17) is 4.74 Å². The van der Waals surface area contributed by atoms with Crippen molar-refractivity contribution in [1.29, 1.82) is 0 Å². The van der Waals surface area contributed by atoms with Crippen LogP contribution in [-0.4, -0.2) is 45.4 Å². The molecule has 0 bridgehead atoms. The van der Waals surface area contributed by atoms with E-state index < -0.39 is 35.0 Å². The lowest BCUT2D eigenvalue weighted by Crippen LogP contribution is -2.58. The average Bonchev–Trinajstić information content (AvgIpc) is 3.27. The van der Waals surface area contributed by atoms with Crippen molar-refractivity contribution in [2.45, 2.75) is 71.6 Å². The van der Waals surface area contributed by atoms with E-state index in [1.54, 1.807) is 6.20 Å². The molecule has 3 heterocycles. The molecule has 8 heteroatoms. The molecule has 1 unspecified atom stereocenters. The number of aromatic nitrogens is 1. The summed E-state index contributed by atoms with van der Waals surface area (Å²) in [5, 5.41) is 5.95. The molecular weight excluding hydrogens is 390 g/mol. The zero-order valence-corrected chi connectivity index (χ0v) is 18.8. The fourth-order valence-electron chi connectivity index (χ4n) is 4.58. The maximum atomic E-state index is 13.5. The van der Waals surface area contributed by atoms with E-state index in [0.29, 0.717) is 24.4 Å². The van der Waals surface area contributed by atoms with Gasteiger partial charge in [0.1, 0.15) is 16.1 Å². The Bertz CT molecular complexity index is 786. The SMILES string of the molecule is CCCN1C(=O)C2[C@H](C1=O)[C@H](c1nccs1)N[C@]2(CC(C)C)C(=O)OC(C)(C)C. The van der Waals surface area contributed by atoms with E-state index in [0.717, 1.165) is 0 Å². The van der Waals surface area contributed by atoms with Gasteiger partial charge in [-0.3, -0.25) is 24.6 Å². The van der Waals surface area contributed by atoms with Gasteiger partial charge in [0.2, 0.25) is 11.8 Å². The van der Waals surface area contributed by atoms with Gasteiger partial charge in [0.15, 0.2) is 0 Å². The van der Waals surface area contributed by atoms with Crippen LogP contribution in [-0.2, 0) is 19.1 Å². The van der Waals surface area contributed by atoms with E-state index in [-0.39, 0.29) is 17.7 Å². The summed E-state index contributed by atoms with van der Waals surface area (Å²) in [6.45, 7) is 11.7. The Hall–Kier alpha value is -1.80. The molecule has 7 nitrogen and oxygen atoms in total. The van der Waals surface area contributed by atoms with Crippen molar-refractivity contribution in [3.63, 3.8) is 0 Å². The molecule has 4 atom stereocenters. The summed E-state index contributed by atoms with van der Waals surface area (Å²) in [4.78, 5) is 45.9. The number of ether oxygens (including phenoxy) is 1. The van der Waals surface area contributed by atoms with Gasteiger partial charge in [0.25, 0.3) is 0 Å². The number of imide groups is 1. The van der Waals surface area contributed by atoms with Gasteiger partial charge in [-0.25, -0.2) is 4.98 Å². The van der Waals surface area contributed by atoms with Crippen LogP contribution in [0.2, 0.25) is 0 Å². The largest absolute Gasteiger partial charge is 0.459 e. The molecule has 0 saturated carbocycles. The lowest BCUT2D eigenvalue weighted by molar-refractivity contribution is -0.168. The van der Waals surface area contributed by atoms with Gasteiger partial charge in [-0.2, -0.15) is 0 Å². The molecule has 1 aromatic heterocycles. The molecule has 29 heavy (non-hydrogen) atoms. The summed E-state index contributed by atoms with van der Waals surface area (Å²) >= 11 is 1.42. The number of hydrogen-bond donors (Lipinski definition) is 1. The number of nitrogens with zero attached hydrogens (tertiary/aromatic N) is 2. The first-order valence-electron chi connectivity index (χ1n) is 10.3. The van der Waals surface area contributed by atoms with Crippen molar-refractivity contribution < 1.29 is 19.1 Å². The van der Waals surface area contributed by atoms with E-state index in [1.807, 2.05) is 46.9 Å². The first-order chi connectivity index (χ1) is 13.5. The van der Waals surface area contributed by atoms with Crippen LogP contribution in [0.5, 0.6) is 0 Å². The maximum Gasteiger partial charge on any atom is 0.327 e. The Morgan fingerprint density at radius 1 is 1.34 bits per heavy atom. The van der Waals surface area contributed by atoms with Crippen molar-refractivity contribution >= 4 is 29.1 Å². The Morgan fingerprint density at radius 3 is 2.55 bits per heavy atom. The Kier molecular flexibility index (Phi) is 5.89. The van der Waals surface area contributed by atoms with Crippen LogP contribution in [0.3, 0.4) is 0 Å². The molecule has 1 aromatic rings. The number of carbonyl (C=O) groups excluding carboxylic acids is 3. The summed E-state index contributed by atoms with van der Waals surface area (Å²) < 4.78 is 5.78. The molecule has 2 aliphatic rings. The number of likely N-dealkylation sites (tertiary alicyclic amines) is 1. The molecule has 0 aromatic carbocycles. The molecule has 0 spiro atoms. The van der Waals surface area contributed by atoms with E-state index in [9.17, 15) is 14.4 Å². The van der Waals surface area contributed by atoms with Gasteiger partial charge in [0.05, 0.1) is 17.9 Å². The fourth-order valence-corrected chi connectivity index (χ4v) is 5.31. The second-order valence-electron chi connectivity index (χ2n) is 9.40. The quantitative estimate of drug-likeness (QED) is 0.561. The van der Waals surface area contributed by atoms with Crippen molar-refractivity contribution in [3.05, 3.63) is 16.6 Å². The molecule has 2 amide bonds. The zero-order valence-electron chi connectivity index (χ0n) is 18.0. The lowest BCUT2D eigenvalue weighted by atomic mass is 9.75. The Balaban J connectivity index is 2.12. The van der Waals surface area contributed by atoms with Crippen LogP contribution in [0.4, 0.5) is 0 Å². The third-order valence-electron chi connectivity index (χ3n) is 5.40. The highest BCUT2D eigenvalue weighted by Gasteiger charge is 2.69. The zero-order chi connectivity index (χ0) is 21.6. The number of hydrogen-bond acceptors (Lipinski definition) is 7. The molecule has 2 saturated heterocycles. The highest BCUT2D eigenvalue weighted by atomic mass is 32.1. The molecule has 3 rings (SSSR count). The van der Waals surface area contributed by atoms with Crippen LogP contribution < -0.4 is 5.32 Å². The lowest BCUT2D eigenvalue weighted by Gasteiger charge is -2.36. The average molecular weight is 422 g/mol. The van der Waals surface area contributed by atoms with E-state index >= 15 is 0 Å². The minimum atomic E-state index is -1.25. The summed E-state index contributed by atoms with van der Waals surface area (Å²) in [5.41, 5.74) is -1.95. The summed E-state index contributed by atoms with van der Waals surface area (Å²) in [6, 6.07) is -0.482. The van der Waals surface area contributed by atoms with Gasteiger partial charge in [-0.1, -0.05) is 20.8 Å². The predicted octanol–water partition coefficient (Wildman–Crippen LogP) is 2.93. The van der Waals surface area contributed by atoms with Crippen molar-refractivity contribution in [2.24, 2.45) is 17.8 Å². The number of amides is 2. The molecule has 2 aliphatic heterocycles. The monoisotopic (exact) mass is 421 g/mol. The van der Waals surface area contributed by atoms with Crippen LogP contribution in [0, 0.1) is 17.8 Å². The second kappa shape index (κ2) is 7.80. The summed E-state index contributed by atoms with van der Waals surface area (Å²) in [6.07, 6.45) is 2.76. The number of carbonyl (C=O) groups is 3. The molecule has 0 aliphatic carbocycles. The first kappa shape index (κ1) is 21.9. The first-order valence-corrected chi connectivity index (χ1v) is 11.2. The summed E-state index contributed by atoms with van der Waals surface area (Å²) in [5.74, 6) is -2.27. The van der Waals surface area contributed by atoms with E-state index in [1.165, 1.54) is 16.2 Å². The smallest absolute Gasteiger partial charge is 0.327 e. The van der Waals surface area contributed by atoms with Gasteiger partial charge < -0.3 is 4.74 Å². The second-order valence-corrected chi connectivity index (χ2v) is 10.3. The fraction of sp³-hybridized carbons (Fsp3) is 0.714. The third-order valence-corrected chi connectivity index (χ3v) is 6.26. The predicted molar refractivity (Wildman–Crippen MR) is 110 cm³/mol. The van der Waals surface area contributed by atoms with Crippen LogP contribution in [0.15, 0.2) is 11.6 Å². The minimum Gasteiger partial charge on any atom is -0.459 e. The van der Waals surface area contributed by atoms with Crippen LogP contribution in [0.1, 0.15) is 65.4 Å². The van der Waals surface area contributed by atoms with Gasteiger partial charge in [-0.05, 0) is 39.5 Å². The van der Waals surface area contributed by atoms with Crippen molar-refractivity contribution in [3.8, 4) is 0 Å². The van der Waals surface area contributed by atoms with Crippen LogP contribution >= 0.6 is 11.3 Å². The normalized spacial score (nSPS) is 29.6. The number of thiazole rings is 1. The Morgan fingerprint density at radius 2 is 2.03 bits per heavy atom. The van der Waals surface area contributed by atoms with Crippen molar-refractivity contribution in [2.75, 3.05) is 6.54 Å². The van der Waals surface area contributed by atoms with Gasteiger partial charge in [0, 0.05) is 18.1 Å². The maximum absolute atomic E-state index is 13.5. The topological polar surface area (TPSA) is 88.6 Å². The highest BCUT2D eigenvalue weighted by Crippen LogP contribution is 2.51. The summed E-state index contributed by atoms with van der Waals surface area (Å²) in [7, 11) is 0. The highest BCUT2D eigenvalue weighted by molar-refractivity contribution is 7.09.